The predicted octanol–water partition coefficient (Wildman–Crippen LogP) is 2.36. The number of carboxylic acids is 1. The maximum atomic E-state index is 10.6. The van der Waals surface area contributed by atoms with Gasteiger partial charge in [0.05, 0.1) is 30.9 Å². The smallest absolute Gasteiger partial charge is 0.475 e. The Labute approximate surface area is 179 Å². The van der Waals surface area contributed by atoms with Crippen LogP contribution in [0.15, 0.2) is 0 Å². The Hall–Kier alpha value is -1.98. The van der Waals surface area contributed by atoms with Gasteiger partial charge in [0.1, 0.15) is 0 Å². The molecule has 1 aromatic rings. The van der Waals surface area contributed by atoms with E-state index in [0.29, 0.717) is 6.61 Å². The second-order valence-electron chi connectivity index (χ2n) is 8.38. The summed E-state index contributed by atoms with van der Waals surface area (Å²) in [6.45, 7) is 8.34. The molecule has 174 valence electrons. The van der Waals surface area contributed by atoms with E-state index < -0.39 is 12.1 Å². The van der Waals surface area contributed by atoms with Gasteiger partial charge in [-0.1, -0.05) is 0 Å². The van der Waals surface area contributed by atoms with Crippen LogP contribution in [-0.2, 0) is 26.3 Å². The first-order chi connectivity index (χ1) is 14.6. The quantitative estimate of drug-likeness (QED) is 0.688. The third-order valence-electron chi connectivity index (χ3n) is 5.87. The van der Waals surface area contributed by atoms with Crippen molar-refractivity contribution < 1.29 is 32.5 Å². The number of hydrogen-bond donors (Lipinski definition) is 2. The van der Waals surface area contributed by atoms with E-state index in [0.717, 1.165) is 63.4 Å². The fourth-order valence-corrected chi connectivity index (χ4v) is 3.94. The van der Waals surface area contributed by atoms with Crippen LogP contribution < -0.4 is 5.32 Å². The maximum absolute atomic E-state index is 10.6. The van der Waals surface area contributed by atoms with E-state index in [1.807, 2.05) is 0 Å². The highest BCUT2D eigenvalue weighted by Crippen LogP contribution is 2.40. The molecule has 31 heavy (non-hydrogen) atoms. The van der Waals surface area contributed by atoms with Crippen LogP contribution in [0.2, 0.25) is 0 Å². The first-order valence-electron chi connectivity index (χ1n) is 10.4. The largest absolute Gasteiger partial charge is 0.490 e. The molecule has 3 aliphatic rings. The van der Waals surface area contributed by atoms with Crippen LogP contribution in [0.25, 0.3) is 0 Å². The molecule has 1 saturated heterocycles. The number of aryl methyl sites for hydroxylation is 1. The van der Waals surface area contributed by atoms with E-state index in [-0.39, 0.29) is 5.41 Å². The Kier molecular flexibility index (Phi) is 7.38. The number of alkyl halides is 3. The van der Waals surface area contributed by atoms with Crippen molar-refractivity contribution in [3.63, 3.8) is 0 Å². The lowest BCUT2D eigenvalue weighted by Gasteiger charge is -2.35. The molecule has 8 nitrogen and oxygen atoms in total. The minimum absolute atomic E-state index is 0.0189. The topological polar surface area (TPSA) is 96.8 Å². The van der Waals surface area contributed by atoms with E-state index in [4.69, 9.17) is 24.4 Å². The van der Waals surface area contributed by atoms with Gasteiger partial charge >= 0.3 is 12.1 Å². The molecule has 2 aliphatic heterocycles. The van der Waals surface area contributed by atoms with Crippen molar-refractivity contribution in [1.82, 2.24) is 14.9 Å². The van der Waals surface area contributed by atoms with Gasteiger partial charge in [-0.05, 0) is 38.6 Å². The lowest BCUT2D eigenvalue weighted by Crippen LogP contribution is -2.41. The highest BCUT2D eigenvalue weighted by molar-refractivity contribution is 5.73. The first kappa shape index (κ1) is 23.7. The van der Waals surface area contributed by atoms with Gasteiger partial charge < -0.3 is 19.9 Å². The molecule has 2 fully saturated rings. The van der Waals surface area contributed by atoms with Crippen LogP contribution >= 0.6 is 0 Å². The number of aromatic nitrogens is 2. The first-order valence-corrected chi connectivity index (χ1v) is 10.4. The third kappa shape index (κ3) is 6.05. The molecular weight excluding hydrogens is 417 g/mol. The average molecular weight is 446 g/mol. The molecule has 1 aromatic heterocycles. The molecule has 4 rings (SSSR count). The Morgan fingerprint density at radius 2 is 2.10 bits per heavy atom. The lowest BCUT2D eigenvalue weighted by molar-refractivity contribution is -0.192. The summed E-state index contributed by atoms with van der Waals surface area (Å²) in [5.41, 5.74) is 3.50. The SMILES string of the molecule is COCCN1CCC2(COCc3c(C)nc(NCC4CC4)nc32)C1.O=C(O)C(F)(F)F. The summed E-state index contributed by atoms with van der Waals surface area (Å²) in [6, 6.07) is 0. The number of ether oxygens (including phenoxy) is 2. The van der Waals surface area contributed by atoms with Crippen LogP contribution in [0.5, 0.6) is 0 Å². The van der Waals surface area contributed by atoms with Gasteiger partial charge in [-0.15, -0.1) is 0 Å². The molecular formula is C20H29F3N4O4. The fourth-order valence-electron chi connectivity index (χ4n) is 3.94. The second-order valence-corrected chi connectivity index (χ2v) is 8.38. The van der Waals surface area contributed by atoms with E-state index in [1.54, 1.807) is 7.11 Å². The average Bonchev–Trinajstić information content (AvgIpc) is 3.46. The van der Waals surface area contributed by atoms with Crippen molar-refractivity contribution in [2.45, 2.75) is 44.4 Å². The lowest BCUT2D eigenvalue weighted by atomic mass is 9.80. The molecule has 1 unspecified atom stereocenters. The van der Waals surface area contributed by atoms with Crippen molar-refractivity contribution in [3.05, 3.63) is 17.0 Å². The van der Waals surface area contributed by atoms with Crippen molar-refractivity contribution in [2.24, 2.45) is 5.92 Å². The number of rotatable bonds is 6. The second kappa shape index (κ2) is 9.66. The van der Waals surface area contributed by atoms with Gasteiger partial charge in [0.25, 0.3) is 0 Å². The Morgan fingerprint density at radius 3 is 2.71 bits per heavy atom. The number of aliphatic carboxylic acids is 1. The van der Waals surface area contributed by atoms with Crippen molar-refractivity contribution >= 4 is 11.9 Å². The summed E-state index contributed by atoms with van der Waals surface area (Å²) >= 11 is 0. The standard InChI is InChI=1S/C18H28N4O2.C2HF3O2/c1-13-15-10-24-12-18(5-6-22(11-18)7-8-23-2)16(15)21-17(20-13)19-9-14-3-4-14;3-2(4,5)1(6)7/h14H,3-12H2,1-2H3,(H,19,20,21);(H,6,7). The van der Waals surface area contributed by atoms with E-state index in [9.17, 15) is 13.2 Å². The van der Waals surface area contributed by atoms with Gasteiger partial charge in [-0.25, -0.2) is 14.8 Å². The van der Waals surface area contributed by atoms with Crippen molar-refractivity contribution in [3.8, 4) is 0 Å². The molecule has 1 saturated carbocycles. The zero-order valence-electron chi connectivity index (χ0n) is 17.8. The van der Waals surface area contributed by atoms with E-state index in [1.165, 1.54) is 24.1 Å². The predicted molar refractivity (Wildman–Crippen MR) is 106 cm³/mol. The normalized spacial score (nSPS) is 23.3. The van der Waals surface area contributed by atoms with Gasteiger partial charge in [-0.3, -0.25) is 4.90 Å². The summed E-state index contributed by atoms with van der Waals surface area (Å²) in [4.78, 5) is 21.0. The van der Waals surface area contributed by atoms with Crippen LogP contribution in [0.3, 0.4) is 0 Å². The van der Waals surface area contributed by atoms with Crippen molar-refractivity contribution in [2.75, 3.05) is 51.8 Å². The molecule has 0 radical (unpaired) electrons. The molecule has 11 heteroatoms. The summed E-state index contributed by atoms with van der Waals surface area (Å²) in [5, 5.41) is 10.6. The number of anilines is 1. The Bertz CT molecular complexity index is 788. The maximum Gasteiger partial charge on any atom is 0.490 e. The number of carboxylic acid groups (broad SMARTS) is 1. The number of methoxy groups -OCH3 is 1. The van der Waals surface area contributed by atoms with Crippen LogP contribution in [0.1, 0.15) is 36.2 Å². The fraction of sp³-hybridized carbons (Fsp3) is 0.750. The Morgan fingerprint density at radius 1 is 1.39 bits per heavy atom. The molecule has 3 heterocycles. The monoisotopic (exact) mass is 446 g/mol. The molecule has 0 aromatic carbocycles. The van der Waals surface area contributed by atoms with Gasteiger partial charge in [0.2, 0.25) is 5.95 Å². The molecule has 1 aliphatic carbocycles. The molecule has 0 amide bonds. The molecule has 1 atom stereocenters. The number of nitrogens with one attached hydrogen (secondary N) is 1. The van der Waals surface area contributed by atoms with Crippen LogP contribution in [-0.4, -0.2) is 78.6 Å². The highest BCUT2D eigenvalue weighted by Gasteiger charge is 2.45. The summed E-state index contributed by atoms with van der Waals surface area (Å²) in [7, 11) is 1.76. The highest BCUT2D eigenvalue weighted by atomic mass is 19.4. The van der Waals surface area contributed by atoms with Gasteiger partial charge in [-0.2, -0.15) is 13.2 Å². The summed E-state index contributed by atoms with van der Waals surface area (Å²) < 4.78 is 42.9. The van der Waals surface area contributed by atoms with Crippen LogP contribution in [0, 0.1) is 12.8 Å². The summed E-state index contributed by atoms with van der Waals surface area (Å²) in [6.07, 6.45) is -1.31. The van der Waals surface area contributed by atoms with E-state index >= 15 is 0 Å². The number of likely N-dealkylation sites (tertiary alicyclic amines) is 1. The summed E-state index contributed by atoms with van der Waals surface area (Å²) in [5.74, 6) is -1.14. The number of nitrogens with zero attached hydrogens (tertiary/aromatic N) is 3. The Balaban J connectivity index is 0.000000339. The van der Waals surface area contributed by atoms with E-state index in [2.05, 4.69) is 22.1 Å². The minimum Gasteiger partial charge on any atom is -0.475 e. The number of hydrogen-bond acceptors (Lipinski definition) is 7. The molecule has 2 N–H and O–H groups in total. The number of carbonyl (C=O) groups is 1. The zero-order valence-corrected chi connectivity index (χ0v) is 17.8. The molecule has 0 bridgehead atoms. The van der Waals surface area contributed by atoms with Gasteiger partial charge in [0.15, 0.2) is 0 Å². The third-order valence-corrected chi connectivity index (χ3v) is 5.87. The van der Waals surface area contributed by atoms with Crippen LogP contribution in [0.4, 0.5) is 19.1 Å². The zero-order chi connectivity index (χ0) is 22.6. The van der Waals surface area contributed by atoms with Gasteiger partial charge in [0, 0.05) is 38.0 Å². The number of halogens is 3. The minimum atomic E-state index is -5.08. The van der Waals surface area contributed by atoms with Crippen molar-refractivity contribution in [1.29, 1.82) is 0 Å². The number of fused-ring (bicyclic) bond motifs is 2. The molecule has 1 spiro atoms.